The number of ether oxygens (including phenoxy) is 3. The van der Waals surface area contributed by atoms with E-state index in [4.69, 9.17) is 25.8 Å². The molecule has 2 N–H and O–H groups in total. The number of alkyl halides is 2. The van der Waals surface area contributed by atoms with Crippen molar-refractivity contribution in [2.24, 2.45) is 0 Å². The third-order valence-corrected chi connectivity index (χ3v) is 8.25. The predicted molar refractivity (Wildman–Crippen MR) is 131 cm³/mol. The number of imidazole rings is 1. The van der Waals surface area contributed by atoms with Crippen molar-refractivity contribution < 1.29 is 37.3 Å². The highest BCUT2D eigenvalue weighted by atomic mass is 35.5. The van der Waals surface area contributed by atoms with Crippen LogP contribution in [-0.4, -0.2) is 87.5 Å². The molecule has 1 aliphatic carbocycles. The fourth-order valence-corrected chi connectivity index (χ4v) is 6.26. The minimum atomic E-state index is -2.88. The fourth-order valence-electron chi connectivity index (χ4n) is 6.03. The molecule has 3 aromatic rings. The zero-order valence-electron chi connectivity index (χ0n) is 20.5. The molecule has 2 aromatic heterocycles. The Labute approximate surface area is 225 Å². The molecule has 4 aliphatic rings. The van der Waals surface area contributed by atoms with Crippen LogP contribution in [0.3, 0.4) is 0 Å². The van der Waals surface area contributed by atoms with E-state index >= 15 is 4.39 Å². The van der Waals surface area contributed by atoms with E-state index in [0.29, 0.717) is 52.3 Å². The van der Waals surface area contributed by atoms with Crippen molar-refractivity contribution in [3.05, 3.63) is 51.4 Å². The number of aromatic nitrogens is 3. The van der Waals surface area contributed by atoms with Gasteiger partial charge in [0.2, 0.25) is 0 Å². The molecular weight excluding hydrogens is 541 g/mol. The van der Waals surface area contributed by atoms with Crippen LogP contribution in [0, 0.1) is 5.82 Å². The molecule has 5 heterocycles. The summed E-state index contributed by atoms with van der Waals surface area (Å²) in [5.41, 5.74) is 2.78. The summed E-state index contributed by atoms with van der Waals surface area (Å²) in [5, 5.41) is 10.3. The van der Waals surface area contributed by atoms with E-state index in [1.807, 2.05) is 0 Å². The van der Waals surface area contributed by atoms with Crippen molar-refractivity contribution in [1.82, 2.24) is 19.9 Å². The summed E-state index contributed by atoms with van der Waals surface area (Å²) in [6.45, 7) is -0.846. The van der Waals surface area contributed by atoms with Gasteiger partial charge in [-0.05, 0) is 54.5 Å². The molecule has 0 bridgehead atoms. The molecule has 5 atom stereocenters. The van der Waals surface area contributed by atoms with E-state index in [1.54, 1.807) is 12.1 Å². The first-order valence-electron chi connectivity index (χ1n) is 12.8. The summed E-state index contributed by atoms with van der Waals surface area (Å²) in [7, 11) is 0. The van der Waals surface area contributed by atoms with Crippen LogP contribution in [0.2, 0.25) is 5.02 Å². The van der Waals surface area contributed by atoms with Gasteiger partial charge < -0.3 is 29.2 Å². The van der Waals surface area contributed by atoms with Crippen molar-refractivity contribution in [3.63, 3.8) is 0 Å². The standard InChI is InChI=1S/C26H24ClF3N4O5/c27-14-6-17-23(33-25(32-17)39-19-8-38-21-18(35)7-37-22(19)21)31-16(14)5-12-2-1-11-3-13(4-15(28)20(11)12)24(36)34-9-26(29,30)10-34/h3-4,6,12,18-19,21-22,35H,1-2,5,7-10H2,(H,31,32,33)/t12?,18-,19-,21-,22-/m1/s1. The Morgan fingerprint density at radius 3 is 2.79 bits per heavy atom. The molecule has 206 valence electrons. The second-order valence-corrected chi connectivity index (χ2v) is 11.0. The third kappa shape index (κ3) is 4.33. The number of benzene rings is 1. The second kappa shape index (κ2) is 9.05. The number of nitrogens with one attached hydrogen (secondary N) is 1. The summed E-state index contributed by atoms with van der Waals surface area (Å²) in [6, 6.07) is 4.66. The number of hydrogen-bond acceptors (Lipinski definition) is 7. The first kappa shape index (κ1) is 25.1. The van der Waals surface area contributed by atoms with Crippen LogP contribution in [-0.2, 0) is 22.3 Å². The molecule has 1 amide bonds. The monoisotopic (exact) mass is 564 g/mol. The molecule has 39 heavy (non-hydrogen) atoms. The van der Waals surface area contributed by atoms with Gasteiger partial charge in [0.15, 0.2) is 11.8 Å². The van der Waals surface area contributed by atoms with Gasteiger partial charge in [0, 0.05) is 5.56 Å². The number of fused-ring (bicyclic) bond motifs is 3. The Morgan fingerprint density at radius 2 is 2.00 bits per heavy atom. The topological polar surface area (TPSA) is 110 Å². The lowest BCUT2D eigenvalue weighted by Crippen LogP contribution is -2.58. The van der Waals surface area contributed by atoms with Crippen LogP contribution < -0.4 is 4.74 Å². The number of halogens is 4. The normalized spacial score (nSPS) is 28.9. The number of rotatable bonds is 5. The second-order valence-electron chi connectivity index (χ2n) is 10.6. The van der Waals surface area contributed by atoms with Gasteiger partial charge >= 0.3 is 0 Å². The van der Waals surface area contributed by atoms with E-state index in [9.17, 15) is 18.7 Å². The van der Waals surface area contributed by atoms with Crippen molar-refractivity contribution in [2.75, 3.05) is 26.3 Å². The van der Waals surface area contributed by atoms with E-state index in [2.05, 4.69) is 15.0 Å². The molecule has 0 saturated carbocycles. The average Bonchev–Trinajstić information content (AvgIpc) is 3.64. The number of aromatic amines is 1. The summed E-state index contributed by atoms with van der Waals surface area (Å²) >= 11 is 6.54. The van der Waals surface area contributed by atoms with Gasteiger partial charge in [0.25, 0.3) is 17.8 Å². The van der Waals surface area contributed by atoms with Crippen LogP contribution in [0.25, 0.3) is 11.2 Å². The first-order chi connectivity index (χ1) is 18.6. The molecule has 13 heteroatoms. The zero-order chi connectivity index (χ0) is 27.1. The molecule has 3 saturated heterocycles. The summed E-state index contributed by atoms with van der Waals surface area (Å²) in [6.07, 6.45) is -0.394. The highest BCUT2D eigenvalue weighted by Gasteiger charge is 2.49. The highest BCUT2D eigenvalue weighted by molar-refractivity contribution is 6.31. The lowest BCUT2D eigenvalue weighted by molar-refractivity contribution is -0.113. The molecule has 3 fully saturated rings. The molecule has 1 aromatic carbocycles. The Morgan fingerprint density at radius 1 is 1.21 bits per heavy atom. The Balaban J connectivity index is 1.08. The Kier molecular flexibility index (Phi) is 5.82. The molecule has 0 radical (unpaired) electrons. The van der Waals surface area contributed by atoms with Crippen LogP contribution in [0.4, 0.5) is 13.2 Å². The number of amides is 1. The number of carbonyl (C=O) groups is 1. The van der Waals surface area contributed by atoms with Gasteiger partial charge in [-0.15, -0.1) is 0 Å². The largest absolute Gasteiger partial charge is 0.456 e. The predicted octanol–water partition coefficient (Wildman–Crippen LogP) is 3.02. The van der Waals surface area contributed by atoms with Crippen molar-refractivity contribution in [3.8, 4) is 6.01 Å². The van der Waals surface area contributed by atoms with Crippen LogP contribution in [0.5, 0.6) is 6.01 Å². The van der Waals surface area contributed by atoms with E-state index in [1.165, 1.54) is 0 Å². The number of nitrogens with zero attached hydrogens (tertiary/aromatic N) is 3. The lowest BCUT2D eigenvalue weighted by atomic mass is 9.94. The minimum Gasteiger partial charge on any atom is -0.456 e. The maximum Gasteiger partial charge on any atom is 0.296 e. The van der Waals surface area contributed by atoms with Gasteiger partial charge in [-0.25, -0.2) is 18.2 Å². The van der Waals surface area contributed by atoms with Gasteiger partial charge in [0.05, 0.1) is 42.5 Å². The lowest BCUT2D eigenvalue weighted by Gasteiger charge is -2.38. The number of hydrogen-bond donors (Lipinski definition) is 2. The molecule has 0 spiro atoms. The van der Waals surface area contributed by atoms with Crippen molar-refractivity contribution in [2.45, 2.75) is 55.5 Å². The van der Waals surface area contributed by atoms with Crippen LogP contribution in [0.1, 0.15) is 39.5 Å². The molecule has 9 nitrogen and oxygen atoms in total. The summed E-state index contributed by atoms with van der Waals surface area (Å²) < 4.78 is 58.7. The Hall–Kier alpha value is -2.93. The molecule has 7 rings (SSSR count). The van der Waals surface area contributed by atoms with E-state index < -0.39 is 49.0 Å². The maximum absolute atomic E-state index is 15.2. The fraction of sp³-hybridized carbons (Fsp3) is 0.500. The quantitative estimate of drug-likeness (QED) is 0.490. The van der Waals surface area contributed by atoms with Gasteiger partial charge in [-0.2, -0.15) is 4.98 Å². The number of pyridine rings is 1. The number of aryl methyl sites for hydroxylation is 1. The van der Waals surface area contributed by atoms with E-state index in [-0.39, 0.29) is 36.8 Å². The van der Waals surface area contributed by atoms with Crippen LogP contribution >= 0.6 is 11.6 Å². The molecule has 1 unspecified atom stereocenters. The van der Waals surface area contributed by atoms with E-state index in [0.717, 1.165) is 11.0 Å². The average molecular weight is 565 g/mol. The van der Waals surface area contributed by atoms with Crippen molar-refractivity contribution >= 4 is 28.7 Å². The smallest absolute Gasteiger partial charge is 0.296 e. The maximum atomic E-state index is 15.2. The number of carbonyl (C=O) groups excluding carboxylic acids is 1. The summed E-state index contributed by atoms with van der Waals surface area (Å²) in [4.78, 5) is 25.6. The number of aliphatic hydroxyl groups excluding tert-OH is 1. The van der Waals surface area contributed by atoms with Gasteiger partial charge in [-0.3, -0.25) is 4.79 Å². The number of H-pyrrole nitrogens is 1. The van der Waals surface area contributed by atoms with Crippen molar-refractivity contribution in [1.29, 1.82) is 0 Å². The SMILES string of the molecule is O=C(c1cc(F)c2c(c1)CCC2Cc1nc2nc(O[C@@H]3CO[C@H]4[C@@H]3OC[C@H]4O)[nH]c2cc1Cl)N1CC(F)(F)C1. The van der Waals surface area contributed by atoms with Gasteiger partial charge in [0.1, 0.15) is 24.1 Å². The van der Waals surface area contributed by atoms with Gasteiger partial charge in [-0.1, -0.05) is 11.6 Å². The molecular formula is C26H24ClF3N4O5. The zero-order valence-corrected chi connectivity index (χ0v) is 21.3. The number of likely N-dealkylation sites (tertiary alicyclic amines) is 1. The summed E-state index contributed by atoms with van der Waals surface area (Å²) in [5.74, 6) is -4.22. The first-order valence-corrected chi connectivity index (χ1v) is 13.2. The Bertz CT molecular complexity index is 1480. The van der Waals surface area contributed by atoms with Crippen LogP contribution in [0.15, 0.2) is 18.2 Å². The number of aliphatic hydroxyl groups is 1. The highest BCUT2D eigenvalue weighted by Crippen LogP contribution is 2.40. The molecule has 3 aliphatic heterocycles. The minimum absolute atomic E-state index is 0.0838. The third-order valence-electron chi connectivity index (χ3n) is 7.93.